The molecule has 0 atom stereocenters. The van der Waals surface area contributed by atoms with Crippen molar-refractivity contribution < 1.29 is 32.2 Å². The van der Waals surface area contributed by atoms with Gasteiger partial charge in [-0.3, -0.25) is 0 Å². The lowest BCUT2D eigenvalue weighted by Crippen LogP contribution is -2.11. The average Bonchev–Trinajstić information content (AvgIpc) is 2.49. The Bertz CT molecular complexity index is 674. The van der Waals surface area contributed by atoms with E-state index >= 15 is 0 Å². The minimum absolute atomic E-state index is 0.0480. The Kier molecular flexibility index (Phi) is 4.99. The highest BCUT2D eigenvalue weighted by molar-refractivity contribution is 5.62. The average molecular weight is 328 g/mol. The van der Waals surface area contributed by atoms with Crippen LogP contribution in [-0.4, -0.2) is 23.0 Å². The van der Waals surface area contributed by atoms with Gasteiger partial charge >= 0.3 is 12.3 Å². The number of hydrogen-bond donors (Lipinski definition) is 0. The minimum Gasteiger partial charge on any atom is -0.438 e. The molecule has 0 unspecified atom stereocenters. The van der Waals surface area contributed by atoms with Crippen LogP contribution >= 0.6 is 0 Å². The Hall–Kier alpha value is -2.84. The Morgan fingerprint density at radius 3 is 2.43 bits per heavy atom. The van der Waals surface area contributed by atoms with Crippen LogP contribution in [0, 0.1) is 0 Å². The molecule has 0 aliphatic heterocycles. The summed E-state index contributed by atoms with van der Waals surface area (Å²) in [7, 11) is 0. The summed E-state index contributed by atoms with van der Waals surface area (Å²) in [6.07, 6.45) is -5.41. The van der Waals surface area contributed by atoms with Gasteiger partial charge in [-0.1, -0.05) is 6.07 Å². The topological polar surface area (TPSA) is 70.5 Å². The molecule has 1 aromatic heterocycles. The summed E-state index contributed by atoms with van der Waals surface area (Å²) in [5.41, 5.74) is -0.842. The maximum Gasteiger partial charge on any atom is 0.515 e. The minimum atomic E-state index is -4.47. The van der Waals surface area contributed by atoms with Crippen molar-refractivity contribution in [3.05, 3.63) is 42.0 Å². The molecule has 0 saturated carbocycles. The van der Waals surface area contributed by atoms with E-state index in [2.05, 4.69) is 19.7 Å². The number of hydrogen-bond acceptors (Lipinski definition) is 6. The predicted molar refractivity (Wildman–Crippen MR) is 71.2 cm³/mol. The summed E-state index contributed by atoms with van der Waals surface area (Å²) in [6, 6.07) is 6.89. The van der Waals surface area contributed by atoms with E-state index in [1.165, 1.54) is 24.3 Å². The van der Waals surface area contributed by atoms with Gasteiger partial charge in [0.25, 0.3) is 0 Å². The molecule has 0 N–H and O–H groups in total. The van der Waals surface area contributed by atoms with Crippen LogP contribution in [0.3, 0.4) is 0 Å². The highest BCUT2D eigenvalue weighted by atomic mass is 19.4. The van der Waals surface area contributed by atoms with Gasteiger partial charge < -0.3 is 14.2 Å². The maximum absolute atomic E-state index is 12.6. The van der Waals surface area contributed by atoms with E-state index in [1.807, 2.05) is 0 Å². The first-order chi connectivity index (χ1) is 10.9. The molecule has 6 nitrogen and oxygen atoms in total. The number of ether oxygens (including phenoxy) is 3. The molecule has 2 rings (SSSR count). The van der Waals surface area contributed by atoms with Crippen molar-refractivity contribution in [2.45, 2.75) is 13.1 Å². The number of alkyl halides is 3. The van der Waals surface area contributed by atoms with Crippen molar-refractivity contribution in [2.75, 3.05) is 6.61 Å². The second-order valence-electron chi connectivity index (χ2n) is 4.12. The van der Waals surface area contributed by atoms with Crippen molar-refractivity contribution >= 4 is 6.16 Å². The van der Waals surface area contributed by atoms with Gasteiger partial charge in [0, 0.05) is 12.1 Å². The molecule has 0 bridgehead atoms. The molecule has 0 aliphatic rings. The number of benzene rings is 1. The third-order valence-electron chi connectivity index (χ3n) is 2.45. The number of aromatic nitrogens is 2. The van der Waals surface area contributed by atoms with Crippen molar-refractivity contribution in [3.63, 3.8) is 0 Å². The number of halogens is 3. The fourth-order valence-corrected chi connectivity index (χ4v) is 1.51. The molecule has 23 heavy (non-hydrogen) atoms. The predicted octanol–water partition coefficient (Wildman–Crippen LogP) is 3.82. The van der Waals surface area contributed by atoms with Crippen molar-refractivity contribution in [2.24, 2.45) is 0 Å². The Balaban J connectivity index is 2.05. The Morgan fingerprint density at radius 2 is 1.83 bits per heavy atom. The molecule has 0 amide bonds. The summed E-state index contributed by atoms with van der Waals surface area (Å²) in [4.78, 5) is 11.1. The number of carbonyl (C=O) groups excluding carboxylic acids is 1. The second-order valence-corrected chi connectivity index (χ2v) is 4.12. The van der Waals surface area contributed by atoms with Crippen molar-refractivity contribution in [1.82, 2.24) is 10.2 Å². The molecule has 2 aromatic rings. The van der Waals surface area contributed by atoms with Gasteiger partial charge in [0.15, 0.2) is 0 Å². The van der Waals surface area contributed by atoms with Crippen molar-refractivity contribution in [3.8, 4) is 17.5 Å². The van der Waals surface area contributed by atoms with Gasteiger partial charge in [0.2, 0.25) is 11.8 Å². The first-order valence-corrected chi connectivity index (χ1v) is 6.42. The zero-order chi connectivity index (χ0) is 16.9. The van der Waals surface area contributed by atoms with Crippen LogP contribution in [0.25, 0.3) is 0 Å². The third-order valence-corrected chi connectivity index (χ3v) is 2.45. The summed E-state index contributed by atoms with van der Waals surface area (Å²) in [5, 5.41) is 7.14. The fraction of sp³-hybridized carbons (Fsp3) is 0.214. The molecular weight excluding hydrogens is 317 g/mol. The Morgan fingerprint density at radius 1 is 1.13 bits per heavy atom. The maximum atomic E-state index is 12.6. The van der Waals surface area contributed by atoms with Gasteiger partial charge in [-0.25, -0.2) is 4.79 Å². The highest BCUT2D eigenvalue weighted by Gasteiger charge is 2.30. The molecule has 1 heterocycles. The molecule has 1 aromatic carbocycles. The standard InChI is InChI=1S/C14H11F3N2O4/c1-2-21-13(20)23-12-7-6-11(18-19-12)22-10-5-3-4-9(8-10)14(15,16)17/h3-8H,2H2,1H3. The van der Waals surface area contributed by atoms with Crippen LogP contribution in [0.2, 0.25) is 0 Å². The van der Waals surface area contributed by atoms with E-state index < -0.39 is 17.9 Å². The summed E-state index contributed by atoms with van der Waals surface area (Å²) in [5.74, 6) is -0.228. The molecule has 122 valence electrons. The SMILES string of the molecule is CCOC(=O)Oc1ccc(Oc2cccc(C(F)(F)F)c2)nn1. The first-order valence-electron chi connectivity index (χ1n) is 6.42. The van der Waals surface area contributed by atoms with E-state index in [1.54, 1.807) is 6.92 Å². The number of rotatable bonds is 4. The number of carbonyl (C=O) groups is 1. The largest absolute Gasteiger partial charge is 0.515 e. The van der Waals surface area contributed by atoms with Gasteiger partial charge in [-0.2, -0.15) is 13.2 Å². The first kappa shape index (κ1) is 16.5. The lowest BCUT2D eigenvalue weighted by atomic mass is 10.2. The van der Waals surface area contributed by atoms with Crippen LogP contribution < -0.4 is 9.47 Å². The van der Waals surface area contributed by atoms with Crippen LogP contribution in [0.15, 0.2) is 36.4 Å². The summed E-state index contributed by atoms with van der Waals surface area (Å²) in [6.45, 7) is 1.75. The van der Waals surface area contributed by atoms with E-state index in [9.17, 15) is 18.0 Å². The van der Waals surface area contributed by atoms with Gasteiger partial charge in [0.05, 0.1) is 12.2 Å². The lowest BCUT2D eigenvalue weighted by molar-refractivity contribution is -0.137. The normalized spacial score (nSPS) is 11.0. The molecule has 0 spiro atoms. The number of nitrogens with zero attached hydrogens (tertiary/aromatic N) is 2. The zero-order valence-corrected chi connectivity index (χ0v) is 11.8. The van der Waals surface area contributed by atoms with E-state index in [-0.39, 0.29) is 24.1 Å². The van der Waals surface area contributed by atoms with Crippen LogP contribution in [-0.2, 0) is 10.9 Å². The smallest absolute Gasteiger partial charge is 0.438 e. The van der Waals surface area contributed by atoms with Crippen LogP contribution in [0.5, 0.6) is 17.5 Å². The van der Waals surface area contributed by atoms with Gasteiger partial charge in [-0.15, -0.1) is 10.2 Å². The van der Waals surface area contributed by atoms with E-state index in [0.29, 0.717) is 0 Å². The molecule has 0 radical (unpaired) electrons. The van der Waals surface area contributed by atoms with E-state index in [0.717, 1.165) is 12.1 Å². The molecule has 9 heteroatoms. The molecule has 0 saturated heterocycles. The summed E-state index contributed by atoms with van der Waals surface area (Å²) >= 11 is 0. The van der Waals surface area contributed by atoms with Crippen molar-refractivity contribution in [1.29, 1.82) is 0 Å². The highest BCUT2D eigenvalue weighted by Crippen LogP contribution is 2.32. The lowest BCUT2D eigenvalue weighted by Gasteiger charge is -2.09. The summed E-state index contributed by atoms with van der Waals surface area (Å²) < 4.78 is 52.2. The third kappa shape index (κ3) is 4.83. The van der Waals surface area contributed by atoms with Gasteiger partial charge in [0.1, 0.15) is 5.75 Å². The fourth-order valence-electron chi connectivity index (χ4n) is 1.51. The van der Waals surface area contributed by atoms with E-state index in [4.69, 9.17) is 4.74 Å². The van der Waals surface area contributed by atoms with Crippen LogP contribution in [0.4, 0.5) is 18.0 Å². The molecule has 0 aliphatic carbocycles. The Labute approximate surface area is 128 Å². The monoisotopic (exact) mass is 328 g/mol. The van der Waals surface area contributed by atoms with Crippen LogP contribution in [0.1, 0.15) is 12.5 Å². The molecular formula is C14H11F3N2O4. The zero-order valence-electron chi connectivity index (χ0n) is 11.8. The molecule has 0 fully saturated rings. The second kappa shape index (κ2) is 6.95. The quantitative estimate of drug-likeness (QED) is 0.795. The van der Waals surface area contributed by atoms with Gasteiger partial charge in [-0.05, 0) is 25.1 Å².